The van der Waals surface area contributed by atoms with Crippen molar-refractivity contribution in [3.8, 4) is 0 Å². The third-order valence-corrected chi connectivity index (χ3v) is 6.54. The van der Waals surface area contributed by atoms with Gasteiger partial charge in [0.05, 0.1) is 12.1 Å². The van der Waals surface area contributed by atoms with E-state index in [4.69, 9.17) is 0 Å². The van der Waals surface area contributed by atoms with Gasteiger partial charge in [-0.15, -0.1) is 0 Å². The van der Waals surface area contributed by atoms with Gasteiger partial charge in [-0.05, 0) is 62.6 Å². The highest BCUT2D eigenvalue weighted by Gasteiger charge is 2.37. The lowest BCUT2D eigenvalue weighted by molar-refractivity contribution is 0.0380. The van der Waals surface area contributed by atoms with Gasteiger partial charge in [-0.25, -0.2) is 4.39 Å². The van der Waals surface area contributed by atoms with Crippen LogP contribution >= 0.6 is 0 Å². The molecule has 4 nitrogen and oxygen atoms in total. The molecule has 0 amide bonds. The average molecular weight is 379 g/mol. The van der Waals surface area contributed by atoms with Crippen LogP contribution in [0, 0.1) is 12.7 Å². The molecule has 4 heterocycles. The summed E-state index contributed by atoms with van der Waals surface area (Å²) in [6, 6.07) is 7.44. The van der Waals surface area contributed by atoms with E-state index in [1.165, 1.54) is 17.7 Å². The number of rotatable bonds is 3. The third kappa shape index (κ3) is 2.68. The number of aryl methyl sites for hydroxylation is 1. The molecule has 5 heteroatoms. The number of hydrogen-bond acceptors (Lipinski definition) is 3. The molecule has 146 valence electrons. The number of aliphatic hydroxyl groups is 1. The zero-order valence-corrected chi connectivity index (χ0v) is 16.5. The molecule has 5 rings (SSSR count). The maximum absolute atomic E-state index is 14.3. The minimum atomic E-state index is -1.05. The van der Waals surface area contributed by atoms with E-state index in [-0.39, 0.29) is 5.82 Å². The molecule has 0 saturated carbocycles. The van der Waals surface area contributed by atoms with Gasteiger partial charge in [0.15, 0.2) is 0 Å². The molecule has 1 N–H and O–H groups in total. The quantitative estimate of drug-likeness (QED) is 0.745. The van der Waals surface area contributed by atoms with Gasteiger partial charge >= 0.3 is 0 Å². The van der Waals surface area contributed by atoms with Gasteiger partial charge in [-0.3, -0.25) is 9.88 Å². The number of nitrogens with zero attached hydrogens (tertiary/aromatic N) is 3. The summed E-state index contributed by atoms with van der Waals surface area (Å²) < 4.78 is 16.6. The number of benzene rings is 1. The maximum Gasteiger partial charge on any atom is 0.124 e. The third-order valence-electron chi connectivity index (χ3n) is 6.54. The van der Waals surface area contributed by atoms with Crippen LogP contribution in [0.15, 0.2) is 36.7 Å². The Bertz CT molecular complexity index is 1040. The summed E-state index contributed by atoms with van der Waals surface area (Å²) in [5.74, 6) is -0.181. The average Bonchev–Trinajstić information content (AvgIpc) is 3.25. The predicted molar refractivity (Wildman–Crippen MR) is 108 cm³/mol. The molecular weight excluding hydrogens is 353 g/mol. The summed E-state index contributed by atoms with van der Waals surface area (Å²) in [5, 5.41) is 12.3. The Morgan fingerprint density at radius 3 is 2.96 bits per heavy atom. The largest absolute Gasteiger partial charge is 0.384 e. The second kappa shape index (κ2) is 6.39. The molecule has 2 aromatic heterocycles. The highest BCUT2D eigenvalue weighted by molar-refractivity contribution is 5.89. The Hall–Kier alpha value is -2.24. The minimum Gasteiger partial charge on any atom is -0.384 e. The van der Waals surface area contributed by atoms with Crippen LogP contribution in [0.4, 0.5) is 4.39 Å². The number of aromatic nitrogens is 2. The molecule has 1 fully saturated rings. The van der Waals surface area contributed by atoms with Gasteiger partial charge in [-0.2, -0.15) is 0 Å². The van der Waals surface area contributed by atoms with Crippen molar-refractivity contribution in [3.05, 3.63) is 64.9 Å². The molecule has 28 heavy (non-hydrogen) atoms. The van der Waals surface area contributed by atoms with E-state index in [1.807, 2.05) is 26.0 Å². The molecule has 0 spiro atoms. The standard InChI is InChI=1S/C23H26FN3O/c1-15-11-17(24)12-18-21-19-6-4-9-26(19)10-7-20(21)27(22(15)18)14-23(2,28)16-5-3-8-25-13-16/h3,5,8,11-13,19,28H,4,6-7,9-10,14H2,1-2H3/t19-,23+/m0/s1. The van der Waals surface area contributed by atoms with E-state index < -0.39 is 5.60 Å². The van der Waals surface area contributed by atoms with Crippen molar-refractivity contribution in [2.75, 3.05) is 13.1 Å². The molecule has 3 aromatic rings. The Kier molecular flexibility index (Phi) is 4.07. The molecule has 0 bridgehead atoms. The van der Waals surface area contributed by atoms with Gasteiger partial charge in [0.2, 0.25) is 0 Å². The first kappa shape index (κ1) is 17.8. The Labute approximate surface area is 164 Å². The molecular formula is C23H26FN3O. The molecule has 0 radical (unpaired) electrons. The van der Waals surface area contributed by atoms with E-state index in [1.54, 1.807) is 24.5 Å². The summed E-state index contributed by atoms with van der Waals surface area (Å²) in [6.45, 7) is 6.40. The predicted octanol–water partition coefficient (Wildman–Crippen LogP) is 4.08. The SMILES string of the molecule is Cc1cc(F)cc2c3c(n(C[C@@](C)(O)c4cccnc4)c12)CCN1CCC[C@@H]31. The van der Waals surface area contributed by atoms with Crippen LogP contribution in [-0.2, 0) is 18.6 Å². The van der Waals surface area contributed by atoms with E-state index in [9.17, 15) is 9.50 Å². The lowest BCUT2D eigenvalue weighted by Gasteiger charge is -2.32. The Morgan fingerprint density at radius 1 is 1.32 bits per heavy atom. The summed E-state index contributed by atoms with van der Waals surface area (Å²) in [7, 11) is 0. The highest BCUT2D eigenvalue weighted by Crippen LogP contribution is 2.44. The van der Waals surface area contributed by atoms with Crippen molar-refractivity contribution in [1.82, 2.24) is 14.5 Å². The van der Waals surface area contributed by atoms with Crippen molar-refractivity contribution in [3.63, 3.8) is 0 Å². The lowest BCUT2D eigenvalue weighted by Crippen LogP contribution is -2.33. The van der Waals surface area contributed by atoms with Crippen molar-refractivity contribution >= 4 is 10.9 Å². The van der Waals surface area contributed by atoms with Crippen molar-refractivity contribution in [1.29, 1.82) is 0 Å². The monoisotopic (exact) mass is 379 g/mol. The van der Waals surface area contributed by atoms with E-state index in [2.05, 4.69) is 14.5 Å². The first-order valence-corrected chi connectivity index (χ1v) is 10.1. The highest BCUT2D eigenvalue weighted by atomic mass is 19.1. The number of hydrogen-bond donors (Lipinski definition) is 1. The maximum atomic E-state index is 14.3. The fourth-order valence-electron chi connectivity index (χ4n) is 5.30. The topological polar surface area (TPSA) is 41.3 Å². The summed E-state index contributed by atoms with van der Waals surface area (Å²) in [4.78, 5) is 6.71. The van der Waals surface area contributed by atoms with Crippen molar-refractivity contribution in [2.24, 2.45) is 0 Å². The molecule has 2 aliphatic heterocycles. The summed E-state index contributed by atoms with van der Waals surface area (Å²) >= 11 is 0. The molecule has 1 aromatic carbocycles. The zero-order valence-electron chi connectivity index (χ0n) is 16.5. The van der Waals surface area contributed by atoms with Gasteiger partial charge in [0.1, 0.15) is 11.4 Å². The minimum absolute atomic E-state index is 0.181. The Balaban J connectivity index is 1.71. The molecule has 2 atom stereocenters. The zero-order chi connectivity index (χ0) is 19.5. The van der Waals surface area contributed by atoms with Crippen LogP contribution in [0.25, 0.3) is 10.9 Å². The summed E-state index contributed by atoms with van der Waals surface area (Å²) in [5.41, 5.74) is 4.27. The molecule has 0 unspecified atom stereocenters. The van der Waals surface area contributed by atoms with Gasteiger partial charge in [0.25, 0.3) is 0 Å². The number of pyridine rings is 1. The van der Waals surface area contributed by atoms with Crippen LogP contribution in [-0.4, -0.2) is 32.6 Å². The second-order valence-corrected chi connectivity index (χ2v) is 8.52. The van der Waals surface area contributed by atoms with Crippen LogP contribution < -0.4 is 0 Å². The van der Waals surface area contributed by atoms with Crippen LogP contribution in [0.5, 0.6) is 0 Å². The van der Waals surface area contributed by atoms with Gasteiger partial charge in [0, 0.05) is 48.0 Å². The second-order valence-electron chi connectivity index (χ2n) is 8.52. The molecule has 1 saturated heterocycles. The fourth-order valence-corrected chi connectivity index (χ4v) is 5.30. The number of halogens is 1. The van der Waals surface area contributed by atoms with Crippen LogP contribution in [0.2, 0.25) is 0 Å². The van der Waals surface area contributed by atoms with E-state index in [0.717, 1.165) is 48.0 Å². The van der Waals surface area contributed by atoms with Crippen LogP contribution in [0.1, 0.15) is 48.2 Å². The smallest absolute Gasteiger partial charge is 0.124 e. The van der Waals surface area contributed by atoms with E-state index in [0.29, 0.717) is 12.6 Å². The number of fused-ring (bicyclic) bond motifs is 5. The Morgan fingerprint density at radius 2 is 2.18 bits per heavy atom. The van der Waals surface area contributed by atoms with Crippen LogP contribution in [0.3, 0.4) is 0 Å². The first-order valence-electron chi connectivity index (χ1n) is 10.1. The molecule has 0 aliphatic carbocycles. The van der Waals surface area contributed by atoms with E-state index >= 15 is 0 Å². The van der Waals surface area contributed by atoms with Crippen molar-refractivity contribution < 1.29 is 9.50 Å². The van der Waals surface area contributed by atoms with Gasteiger partial charge in [-0.1, -0.05) is 6.07 Å². The first-order chi connectivity index (χ1) is 13.5. The molecule has 2 aliphatic rings. The normalized spacial score (nSPS) is 21.5. The van der Waals surface area contributed by atoms with Crippen molar-refractivity contribution in [2.45, 2.75) is 51.3 Å². The van der Waals surface area contributed by atoms with Gasteiger partial charge < -0.3 is 9.67 Å². The fraction of sp³-hybridized carbons (Fsp3) is 0.435. The lowest BCUT2D eigenvalue weighted by atomic mass is 9.95. The summed E-state index contributed by atoms with van der Waals surface area (Å²) in [6.07, 6.45) is 6.70.